The van der Waals surface area contributed by atoms with Gasteiger partial charge in [0.05, 0.1) is 19.8 Å². The number of phosphoric acid groups is 1. The Labute approximate surface area is 415 Å². The van der Waals surface area contributed by atoms with Crippen molar-refractivity contribution in [2.24, 2.45) is 0 Å². The third kappa shape index (κ3) is 48.2. The maximum absolute atomic E-state index is 12.9. The van der Waals surface area contributed by atoms with Crippen LogP contribution in [0.25, 0.3) is 0 Å². The number of phosphoric ester groups is 1. The number of ether oxygens (including phenoxy) is 3. The summed E-state index contributed by atoms with van der Waals surface area (Å²) in [7, 11) is -4.74. The minimum atomic E-state index is -4.74. The number of aliphatic hydroxyl groups is 1. The fourth-order valence-electron chi connectivity index (χ4n) is 7.28. The van der Waals surface area contributed by atoms with Gasteiger partial charge in [-0.25, -0.2) is 4.57 Å². The van der Waals surface area contributed by atoms with Crippen LogP contribution >= 0.6 is 7.82 Å². The second kappa shape index (κ2) is 50.6. The monoisotopic (exact) mass is 979 g/mol. The van der Waals surface area contributed by atoms with Gasteiger partial charge in [-0.1, -0.05) is 197 Å². The van der Waals surface area contributed by atoms with Crippen LogP contribution in [0.3, 0.4) is 0 Å². The van der Waals surface area contributed by atoms with Crippen molar-refractivity contribution in [3.05, 3.63) is 60.8 Å². The van der Waals surface area contributed by atoms with E-state index >= 15 is 0 Å². The quantitative estimate of drug-likeness (QED) is 0.0197. The highest BCUT2D eigenvalue weighted by atomic mass is 31.2. The molecule has 0 aromatic rings. The Balaban J connectivity index is 4.76. The summed E-state index contributed by atoms with van der Waals surface area (Å²) in [5.74, 6) is -1.49. The van der Waals surface area contributed by atoms with Gasteiger partial charge in [-0.05, 0) is 83.5 Å². The standard InChI is InChI=1S/C56H99O11P/c1-4-7-10-13-16-19-21-23-25-26-28-29-31-34-36-39-42-45-54(58)63-49-53(67-56(60)47-44-41-38-35-32-30-27-24-22-20-17-14-11-8-5-2)51-65-68(61,62)64-50-52(48-57)66-55(59)46-43-40-37-33-18-15-12-9-6-3/h8,11,16-17,19-20,23-25,27,52-53,57H,4-7,9-10,12-15,18,21-22,26,28-51H2,1-3H3,(H,61,62)/b11-8-,19-16-,20-17-,25-23-,27-24-. The number of hydrogen-bond donors (Lipinski definition) is 2. The number of carbonyl (C=O) groups is 3. The van der Waals surface area contributed by atoms with Gasteiger partial charge >= 0.3 is 25.7 Å². The first-order valence-corrected chi connectivity index (χ1v) is 28.7. The molecule has 0 fully saturated rings. The fraction of sp³-hybridized carbons (Fsp3) is 0.768. The van der Waals surface area contributed by atoms with Gasteiger partial charge in [0, 0.05) is 19.3 Å². The lowest BCUT2D eigenvalue weighted by Gasteiger charge is -2.21. The molecule has 394 valence electrons. The molecular formula is C56H99O11P. The van der Waals surface area contributed by atoms with Crippen molar-refractivity contribution in [1.82, 2.24) is 0 Å². The minimum Gasteiger partial charge on any atom is -0.462 e. The van der Waals surface area contributed by atoms with E-state index in [4.69, 9.17) is 23.3 Å². The number of allylic oxidation sites excluding steroid dienone is 10. The molecule has 0 aromatic carbocycles. The molecule has 0 aromatic heterocycles. The molecule has 2 N–H and O–H groups in total. The van der Waals surface area contributed by atoms with Crippen LogP contribution in [-0.2, 0) is 42.2 Å². The Morgan fingerprint density at radius 2 is 0.765 bits per heavy atom. The summed E-state index contributed by atoms with van der Waals surface area (Å²) in [6.07, 6.45) is 53.3. The molecule has 0 bridgehead atoms. The van der Waals surface area contributed by atoms with Gasteiger partial charge in [-0.15, -0.1) is 0 Å². The average molecular weight is 979 g/mol. The van der Waals surface area contributed by atoms with Gasteiger partial charge in [0.2, 0.25) is 0 Å². The number of carbonyl (C=O) groups excluding carboxylic acids is 3. The highest BCUT2D eigenvalue weighted by Crippen LogP contribution is 2.43. The Kier molecular flexibility index (Phi) is 48.5. The average Bonchev–Trinajstić information content (AvgIpc) is 3.32. The van der Waals surface area contributed by atoms with E-state index in [1.807, 2.05) is 0 Å². The van der Waals surface area contributed by atoms with Crippen molar-refractivity contribution in [2.45, 2.75) is 251 Å². The molecule has 0 heterocycles. The molecule has 0 saturated heterocycles. The maximum atomic E-state index is 12.9. The van der Waals surface area contributed by atoms with Gasteiger partial charge in [-0.2, -0.15) is 0 Å². The van der Waals surface area contributed by atoms with Crippen LogP contribution < -0.4 is 0 Å². The first-order chi connectivity index (χ1) is 33.2. The van der Waals surface area contributed by atoms with Crippen LogP contribution in [0.15, 0.2) is 60.8 Å². The Morgan fingerprint density at radius 1 is 0.426 bits per heavy atom. The van der Waals surface area contributed by atoms with E-state index in [1.54, 1.807) is 0 Å². The molecule has 0 aliphatic rings. The minimum absolute atomic E-state index is 0.146. The number of aliphatic hydroxyl groups excluding tert-OH is 1. The molecule has 0 saturated carbocycles. The van der Waals surface area contributed by atoms with E-state index in [-0.39, 0.29) is 25.9 Å². The van der Waals surface area contributed by atoms with Crippen LogP contribution in [0.4, 0.5) is 0 Å². The lowest BCUT2D eigenvalue weighted by molar-refractivity contribution is -0.161. The summed E-state index contributed by atoms with van der Waals surface area (Å²) in [6, 6.07) is 0. The number of esters is 3. The predicted octanol–water partition coefficient (Wildman–Crippen LogP) is 15.6. The summed E-state index contributed by atoms with van der Waals surface area (Å²) in [4.78, 5) is 48.3. The molecule has 68 heavy (non-hydrogen) atoms. The lowest BCUT2D eigenvalue weighted by Crippen LogP contribution is -2.30. The topological polar surface area (TPSA) is 155 Å². The first-order valence-electron chi connectivity index (χ1n) is 27.2. The second-order valence-corrected chi connectivity index (χ2v) is 19.5. The molecule has 0 rings (SSSR count). The first kappa shape index (κ1) is 65.2. The fourth-order valence-corrected chi connectivity index (χ4v) is 8.07. The number of hydrogen-bond acceptors (Lipinski definition) is 10. The lowest BCUT2D eigenvalue weighted by atomic mass is 10.1. The zero-order valence-corrected chi connectivity index (χ0v) is 44.2. The molecule has 0 amide bonds. The molecule has 11 nitrogen and oxygen atoms in total. The zero-order valence-electron chi connectivity index (χ0n) is 43.3. The van der Waals surface area contributed by atoms with Crippen molar-refractivity contribution < 1.29 is 52.2 Å². The predicted molar refractivity (Wildman–Crippen MR) is 279 cm³/mol. The van der Waals surface area contributed by atoms with E-state index in [9.17, 15) is 28.9 Å². The molecular weight excluding hydrogens is 880 g/mol. The largest absolute Gasteiger partial charge is 0.472 e. The van der Waals surface area contributed by atoms with Crippen molar-refractivity contribution in [3.8, 4) is 0 Å². The van der Waals surface area contributed by atoms with E-state index in [2.05, 4.69) is 81.5 Å². The van der Waals surface area contributed by atoms with Gasteiger partial charge in [0.1, 0.15) is 12.7 Å². The highest BCUT2D eigenvalue weighted by molar-refractivity contribution is 7.47. The van der Waals surface area contributed by atoms with Crippen LogP contribution in [0, 0.1) is 0 Å². The highest BCUT2D eigenvalue weighted by Gasteiger charge is 2.28. The van der Waals surface area contributed by atoms with Crippen molar-refractivity contribution in [1.29, 1.82) is 0 Å². The van der Waals surface area contributed by atoms with Crippen molar-refractivity contribution in [2.75, 3.05) is 26.4 Å². The van der Waals surface area contributed by atoms with Gasteiger partial charge < -0.3 is 24.2 Å². The summed E-state index contributed by atoms with van der Waals surface area (Å²) in [5.41, 5.74) is 0. The zero-order chi connectivity index (χ0) is 49.9. The number of unbranched alkanes of at least 4 members (excludes halogenated alkanes) is 23. The number of rotatable bonds is 50. The molecule has 12 heteroatoms. The van der Waals surface area contributed by atoms with Crippen LogP contribution in [0.2, 0.25) is 0 Å². The molecule has 0 radical (unpaired) electrons. The maximum Gasteiger partial charge on any atom is 0.472 e. The van der Waals surface area contributed by atoms with Gasteiger partial charge in [0.15, 0.2) is 6.10 Å². The molecule has 3 unspecified atom stereocenters. The normalized spacial score (nSPS) is 13.9. The van der Waals surface area contributed by atoms with Crippen molar-refractivity contribution >= 4 is 25.7 Å². The second-order valence-electron chi connectivity index (χ2n) is 18.0. The Bertz CT molecular complexity index is 1370. The summed E-state index contributed by atoms with van der Waals surface area (Å²) >= 11 is 0. The van der Waals surface area contributed by atoms with Crippen LogP contribution in [0.5, 0.6) is 0 Å². The summed E-state index contributed by atoms with van der Waals surface area (Å²) in [6.45, 7) is 4.45. The summed E-state index contributed by atoms with van der Waals surface area (Å²) < 4.78 is 39.4. The molecule has 0 aliphatic carbocycles. The third-order valence-electron chi connectivity index (χ3n) is 11.4. The summed E-state index contributed by atoms with van der Waals surface area (Å²) in [5, 5.41) is 9.75. The molecule has 0 spiro atoms. The van der Waals surface area contributed by atoms with Gasteiger partial charge in [-0.3, -0.25) is 23.4 Å². The van der Waals surface area contributed by atoms with E-state index < -0.39 is 57.8 Å². The van der Waals surface area contributed by atoms with Crippen LogP contribution in [-0.4, -0.2) is 66.5 Å². The third-order valence-corrected chi connectivity index (χ3v) is 12.4. The van der Waals surface area contributed by atoms with Crippen LogP contribution in [0.1, 0.15) is 239 Å². The smallest absolute Gasteiger partial charge is 0.462 e. The van der Waals surface area contributed by atoms with E-state index in [0.29, 0.717) is 19.3 Å². The van der Waals surface area contributed by atoms with Gasteiger partial charge in [0.25, 0.3) is 0 Å². The van der Waals surface area contributed by atoms with E-state index in [1.165, 1.54) is 77.0 Å². The van der Waals surface area contributed by atoms with E-state index in [0.717, 1.165) is 103 Å². The Morgan fingerprint density at radius 3 is 1.21 bits per heavy atom. The molecule has 0 aliphatic heterocycles. The molecule has 3 atom stereocenters. The van der Waals surface area contributed by atoms with Crippen molar-refractivity contribution in [3.63, 3.8) is 0 Å². The Hall–Kier alpha value is -2.82. The SMILES string of the molecule is CC/C=C\C/C=C\C/C=C\CCCCCCCC(=O)OC(COC(=O)CCCCCCCCC/C=C\C/C=C\CCCCC)COP(=O)(O)OCC(CO)OC(=O)CCCCCCCCCCC.